The highest BCUT2D eigenvalue weighted by Crippen LogP contribution is 2.51. The van der Waals surface area contributed by atoms with E-state index in [2.05, 4.69) is 20.8 Å². The Labute approximate surface area is 245 Å². The van der Waals surface area contributed by atoms with Gasteiger partial charge in [-0.3, -0.25) is 9.59 Å². The summed E-state index contributed by atoms with van der Waals surface area (Å²) in [7, 11) is 0. The average Bonchev–Trinajstić information content (AvgIpc) is 3.58. The molecule has 0 radical (unpaired) electrons. The van der Waals surface area contributed by atoms with E-state index < -0.39 is 30.0 Å². The molecule has 0 fully saturated rings. The first-order chi connectivity index (χ1) is 20.3. The minimum atomic E-state index is -4.51. The Balaban J connectivity index is 1.18. The van der Waals surface area contributed by atoms with Crippen LogP contribution in [-0.2, 0) is 10.2 Å². The third kappa shape index (κ3) is 6.46. The highest BCUT2D eigenvalue weighted by Gasteiger charge is 2.49. The second-order valence-electron chi connectivity index (χ2n) is 9.90. The SMILES string of the molecule is O=C(NOc1ccccc1)c1cnc(SCCCCCC2(C(=O)NCC(F)(F)F)c3ccccc3-c3ccccc32)[nH]1. The number of imidazole rings is 1. The fraction of sp³-hybridized carbons (Fsp3) is 0.258. The van der Waals surface area contributed by atoms with Crippen molar-refractivity contribution in [3.63, 3.8) is 0 Å². The number of hydrogen-bond donors (Lipinski definition) is 3. The Morgan fingerprint density at radius 3 is 2.19 bits per heavy atom. The molecule has 3 N–H and O–H groups in total. The number of rotatable bonds is 12. The van der Waals surface area contributed by atoms with E-state index in [1.165, 1.54) is 18.0 Å². The van der Waals surface area contributed by atoms with E-state index in [0.717, 1.165) is 35.1 Å². The zero-order valence-corrected chi connectivity index (χ0v) is 23.4. The van der Waals surface area contributed by atoms with Crippen molar-refractivity contribution in [1.29, 1.82) is 0 Å². The van der Waals surface area contributed by atoms with Gasteiger partial charge in [-0.15, -0.1) is 0 Å². The molecule has 5 rings (SSSR count). The smallest absolute Gasteiger partial charge is 0.379 e. The molecule has 0 bridgehead atoms. The Hall–Kier alpha value is -4.25. The molecule has 0 atom stereocenters. The Kier molecular flexibility index (Phi) is 8.86. The topological polar surface area (TPSA) is 96.1 Å². The monoisotopic (exact) mass is 594 g/mol. The summed E-state index contributed by atoms with van der Waals surface area (Å²) in [4.78, 5) is 38.4. The molecule has 1 heterocycles. The Morgan fingerprint density at radius 1 is 0.881 bits per heavy atom. The van der Waals surface area contributed by atoms with Crippen molar-refractivity contribution in [3.05, 3.63) is 102 Å². The molecular weight excluding hydrogens is 565 g/mol. The molecule has 0 saturated heterocycles. The van der Waals surface area contributed by atoms with Crippen LogP contribution < -0.4 is 15.6 Å². The molecule has 1 aliphatic carbocycles. The molecule has 0 spiro atoms. The lowest BCUT2D eigenvalue weighted by Crippen LogP contribution is -2.47. The summed E-state index contributed by atoms with van der Waals surface area (Å²) < 4.78 is 39.2. The first-order valence-corrected chi connectivity index (χ1v) is 14.5. The number of fused-ring (bicyclic) bond motifs is 3. The van der Waals surface area contributed by atoms with Gasteiger partial charge in [0.05, 0.1) is 6.20 Å². The minimum Gasteiger partial charge on any atom is -0.379 e. The summed E-state index contributed by atoms with van der Waals surface area (Å²) in [6.07, 6.45) is -0.525. The van der Waals surface area contributed by atoms with E-state index in [0.29, 0.717) is 29.5 Å². The molecule has 1 aliphatic rings. The number of H-pyrrole nitrogens is 1. The molecule has 2 amide bonds. The Morgan fingerprint density at radius 2 is 1.52 bits per heavy atom. The van der Waals surface area contributed by atoms with Crippen LogP contribution in [0.15, 0.2) is 90.2 Å². The van der Waals surface area contributed by atoms with Gasteiger partial charge in [-0.1, -0.05) is 91.3 Å². The van der Waals surface area contributed by atoms with Gasteiger partial charge in [-0.05, 0) is 47.2 Å². The predicted octanol–water partition coefficient (Wildman–Crippen LogP) is 6.43. The van der Waals surface area contributed by atoms with E-state index in [-0.39, 0.29) is 5.69 Å². The van der Waals surface area contributed by atoms with Gasteiger partial charge in [0.15, 0.2) is 10.9 Å². The molecule has 3 aromatic carbocycles. The lowest BCUT2D eigenvalue weighted by atomic mass is 9.73. The van der Waals surface area contributed by atoms with E-state index in [4.69, 9.17) is 4.84 Å². The van der Waals surface area contributed by atoms with Crippen molar-refractivity contribution >= 4 is 23.6 Å². The van der Waals surface area contributed by atoms with E-state index in [1.807, 2.05) is 54.6 Å². The molecule has 11 heteroatoms. The summed E-state index contributed by atoms with van der Waals surface area (Å²) in [5, 5.41) is 2.75. The van der Waals surface area contributed by atoms with Gasteiger partial charge in [-0.2, -0.15) is 18.7 Å². The molecule has 218 valence electrons. The molecule has 4 aromatic rings. The van der Waals surface area contributed by atoms with E-state index in [9.17, 15) is 22.8 Å². The molecule has 0 aliphatic heterocycles. The largest absolute Gasteiger partial charge is 0.405 e. The zero-order valence-electron chi connectivity index (χ0n) is 22.5. The molecule has 42 heavy (non-hydrogen) atoms. The number of amides is 2. The molecule has 1 aromatic heterocycles. The van der Waals surface area contributed by atoms with Crippen molar-refractivity contribution in [2.24, 2.45) is 0 Å². The Bertz CT molecular complexity index is 1500. The van der Waals surface area contributed by atoms with Crippen molar-refractivity contribution in [2.75, 3.05) is 12.3 Å². The van der Waals surface area contributed by atoms with Crippen LogP contribution in [0.25, 0.3) is 11.1 Å². The third-order valence-corrected chi connectivity index (χ3v) is 8.11. The number of benzene rings is 3. The van der Waals surface area contributed by atoms with Gasteiger partial charge in [0, 0.05) is 5.75 Å². The molecule has 0 unspecified atom stereocenters. The van der Waals surface area contributed by atoms with Gasteiger partial charge in [0.25, 0.3) is 0 Å². The fourth-order valence-electron chi connectivity index (χ4n) is 5.26. The maximum atomic E-state index is 13.6. The summed E-state index contributed by atoms with van der Waals surface area (Å²) in [5.74, 6) is 0.119. The fourth-order valence-corrected chi connectivity index (χ4v) is 6.11. The number of alkyl halides is 3. The number of nitrogens with zero attached hydrogens (tertiary/aromatic N) is 1. The summed E-state index contributed by atoms with van der Waals surface area (Å²) >= 11 is 1.46. The zero-order chi connectivity index (χ0) is 29.6. The number of thioether (sulfide) groups is 1. The number of para-hydroxylation sites is 1. The van der Waals surface area contributed by atoms with Gasteiger partial charge in [0.1, 0.15) is 17.7 Å². The lowest BCUT2D eigenvalue weighted by molar-refractivity contribution is -0.141. The number of halogens is 3. The maximum absolute atomic E-state index is 13.6. The van der Waals surface area contributed by atoms with Gasteiger partial charge in [0.2, 0.25) is 5.91 Å². The number of hydroxylamine groups is 1. The maximum Gasteiger partial charge on any atom is 0.405 e. The number of carbonyl (C=O) groups excluding carboxylic acids is 2. The quantitative estimate of drug-likeness (QED) is 0.0998. The lowest BCUT2D eigenvalue weighted by Gasteiger charge is -2.31. The van der Waals surface area contributed by atoms with Crippen LogP contribution in [0.4, 0.5) is 13.2 Å². The summed E-state index contributed by atoms with van der Waals surface area (Å²) in [6.45, 7) is -1.38. The molecule has 7 nitrogen and oxygen atoms in total. The normalized spacial score (nSPS) is 13.2. The van der Waals surface area contributed by atoms with Crippen LogP contribution in [-0.4, -0.2) is 40.3 Å². The van der Waals surface area contributed by atoms with Crippen LogP contribution in [0.3, 0.4) is 0 Å². The van der Waals surface area contributed by atoms with Crippen LogP contribution in [0, 0.1) is 0 Å². The second kappa shape index (κ2) is 12.7. The number of aromatic nitrogens is 2. The van der Waals surface area contributed by atoms with Crippen molar-refractivity contribution in [1.82, 2.24) is 20.8 Å². The van der Waals surface area contributed by atoms with Crippen LogP contribution >= 0.6 is 11.8 Å². The average molecular weight is 595 g/mol. The third-order valence-electron chi connectivity index (χ3n) is 7.14. The summed E-state index contributed by atoms with van der Waals surface area (Å²) in [6, 6.07) is 23.7. The first-order valence-electron chi connectivity index (χ1n) is 13.5. The molecule has 0 saturated carbocycles. The van der Waals surface area contributed by atoms with Crippen molar-refractivity contribution in [2.45, 2.75) is 42.4 Å². The number of hydrogen-bond acceptors (Lipinski definition) is 5. The first kappa shape index (κ1) is 29.2. The highest BCUT2D eigenvalue weighted by molar-refractivity contribution is 7.99. The van der Waals surface area contributed by atoms with Crippen molar-refractivity contribution in [3.8, 4) is 16.9 Å². The second-order valence-corrected chi connectivity index (χ2v) is 11.0. The van der Waals surface area contributed by atoms with Gasteiger partial charge >= 0.3 is 12.1 Å². The van der Waals surface area contributed by atoms with Crippen LogP contribution in [0.5, 0.6) is 5.75 Å². The minimum absolute atomic E-state index is 0.263. The number of nitrogens with one attached hydrogen (secondary N) is 3. The van der Waals surface area contributed by atoms with Gasteiger partial charge < -0.3 is 15.1 Å². The standard InChI is InChI=1S/C31H29F3N4O3S/c32-31(33,34)20-36-28(40)30(24-15-7-5-13-22(24)23-14-6-8-16-25(23)30)17-9-2-10-18-42-29-35-19-26(37-29)27(39)38-41-21-11-3-1-4-12-21/h1,3-8,11-16,19H,2,9-10,17-18,20H2,(H,35,37)(H,36,40)(H,38,39). The van der Waals surface area contributed by atoms with E-state index in [1.54, 1.807) is 24.3 Å². The number of unbranched alkanes of at least 4 members (excludes halogenated alkanes) is 2. The summed E-state index contributed by atoms with van der Waals surface area (Å²) in [5.41, 5.74) is 4.65. The van der Waals surface area contributed by atoms with Crippen LogP contribution in [0.2, 0.25) is 0 Å². The number of carbonyl (C=O) groups is 2. The van der Waals surface area contributed by atoms with Crippen molar-refractivity contribution < 1.29 is 27.6 Å². The van der Waals surface area contributed by atoms with Crippen LogP contribution in [0.1, 0.15) is 47.3 Å². The van der Waals surface area contributed by atoms with Gasteiger partial charge in [-0.25, -0.2) is 4.98 Å². The predicted molar refractivity (Wildman–Crippen MR) is 154 cm³/mol. The highest BCUT2D eigenvalue weighted by atomic mass is 32.2. The van der Waals surface area contributed by atoms with E-state index >= 15 is 0 Å². The molecular formula is C31H29F3N4O3S. The number of aromatic amines is 1.